The fraction of sp³-hybridized carbons (Fsp3) is 0.538. The average Bonchev–Trinajstić information content (AvgIpc) is 2.95. The van der Waals surface area contributed by atoms with E-state index in [1.165, 1.54) is 0 Å². The summed E-state index contributed by atoms with van der Waals surface area (Å²) in [7, 11) is 0. The zero-order chi connectivity index (χ0) is 13.7. The summed E-state index contributed by atoms with van der Waals surface area (Å²) < 4.78 is 1.92. The molecule has 2 aromatic heterocycles. The van der Waals surface area contributed by atoms with Gasteiger partial charge in [-0.25, -0.2) is 4.98 Å². The Hall–Kier alpha value is -1.40. The minimum absolute atomic E-state index is 0.0119. The van der Waals surface area contributed by atoms with E-state index in [-0.39, 0.29) is 12.5 Å². The number of hydrogen-bond acceptors (Lipinski definition) is 4. The number of carbonyl (C=O) groups excluding carboxylic acids is 1. The predicted molar refractivity (Wildman–Crippen MR) is 75.3 cm³/mol. The number of carbonyl (C=O) groups is 1. The van der Waals surface area contributed by atoms with Crippen LogP contribution >= 0.6 is 11.3 Å². The summed E-state index contributed by atoms with van der Waals surface area (Å²) in [6.07, 6.45) is 5.82. The average molecular weight is 281 g/mol. The van der Waals surface area contributed by atoms with Crippen LogP contribution < -0.4 is 5.32 Å². The number of fused-ring (bicyclic) bond motifs is 1. The predicted octanol–water partition coefficient (Wildman–Crippen LogP) is 1.46. The van der Waals surface area contributed by atoms with Crippen LogP contribution in [0.25, 0.3) is 4.96 Å². The summed E-state index contributed by atoms with van der Waals surface area (Å²) >= 11 is 1.56. The second-order valence-corrected chi connectivity index (χ2v) is 5.47. The molecule has 0 aliphatic carbocycles. The highest BCUT2D eigenvalue weighted by Crippen LogP contribution is 2.11. The third-order valence-corrected chi connectivity index (χ3v) is 3.96. The lowest BCUT2D eigenvalue weighted by Crippen LogP contribution is -2.30. The number of amides is 1. The first-order valence-electron chi connectivity index (χ1n) is 6.51. The van der Waals surface area contributed by atoms with Gasteiger partial charge in [-0.2, -0.15) is 0 Å². The Morgan fingerprint density at radius 2 is 2.47 bits per heavy atom. The molecule has 1 atom stereocenters. The topological polar surface area (TPSA) is 66.6 Å². The molecule has 5 nitrogen and oxygen atoms in total. The van der Waals surface area contributed by atoms with Crippen molar-refractivity contribution in [2.45, 2.75) is 26.2 Å². The van der Waals surface area contributed by atoms with Crippen molar-refractivity contribution in [2.24, 2.45) is 5.92 Å². The summed E-state index contributed by atoms with van der Waals surface area (Å²) in [4.78, 5) is 17.1. The van der Waals surface area contributed by atoms with Gasteiger partial charge in [-0.15, -0.1) is 11.3 Å². The number of aliphatic hydroxyl groups is 1. The number of nitrogens with one attached hydrogen (secondary N) is 1. The van der Waals surface area contributed by atoms with Crippen LogP contribution in [0.15, 0.2) is 17.8 Å². The number of aromatic nitrogens is 2. The van der Waals surface area contributed by atoms with Crippen molar-refractivity contribution in [3.63, 3.8) is 0 Å². The van der Waals surface area contributed by atoms with Crippen LogP contribution in [-0.4, -0.2) is 33.6 Å². The van der Waals surface area contributed by atoms with Gasteiger partial charge in [0.1, 0.15) is 0 Å². The molecule has 1 unspecified atom stereocenters. The molecule has 104 valence electrons. The minimum Gasteiger partial charge on any atom is -0.396 e. The van der Waals surface area contributed by atoms with Gasteiger partial charge >= 0.3 is 0 Å². The SMILES string of the molecule is CCC(CCO)CNC(=O)Cc1cn2ccsc2n1. The van der Waals surface area contributed by atoms with E-state index in [0.29, 0.717) is 18.9 Å². The second kappa shape index (κ2) is 6.68. The van der Waals surface area contributed by atoms with E-state index in [9.17, 15) is 4.79 Å². The maximum Gasteiger partial charge on any atom is 0.226 e. The van der Waals surface area contributed by atoms with Crippen LogP contribution in [0.2, 0.25) is 0 Å². The van der Waals surface area contributed by atoms with Gasteiger partial charge in [-0.05, 0) is 12.3 Å². The lowest BCUT2D eigenvalue weighted by molar-refractivity contribution is -0.120. The van der Waals surface area contributed by atoms with E-state index in [1.807, 2.05) is 22.2 Å². The molecule has 0 saturated heterocycles. The van der Waals surface area contributed by atoms with E-state index in [1.54, 1.807) is 11.3 Å². The Kier molecular flexibility index (Phi) is 4.93. The third kappa shape index (κ3) is 3.78. The van der Waals surface area contributed by atoms with E-state index in [4.69, 9.17) is 5.11 Å². The zero-order valence-electron chi connectivity index (χ0n) is 11.0. The van der Waals surface area contributed by atoms with Gasteiger partial charge in [-0.3, -0.25) is 9.20 Å². The first-order valence-corrected chi connectivity index (χ1v) is 7.39. The molecule has 2 aromatic rings. The van der Waals surface area contributed by atoms with Crippen LogP contribution in [0.1, 0.15) is 25.5 Å². The quantitative estimate of drug-likeness (QED) is 0.807. The lowest BCUT2D eigenvalue weighted by atomic mass is 10.0. The molecule has 0 spiro atoms. The van der Waals surface area contributed by atoms with Gasteiger partial charge in [-0.1, -0.05) is 13.3 Å². The van der Waals surface area contributed by atoms with Gasteiger partial charge in [0.25, 0.3) is 0 Å². The molecule has 2 heterocycles. The molecule has 2 rings (SSSR count). The van der Waals surface area contributed by atoms with Crippen molar-refractivity contribution in [2.75, 3.05) is 13.2 Å². The Balaban J connectivity index is 1.82. The molecule has 0 saturated carbocycles. The van der Waals surface area contributed by atoms with Crippen LogP contribution in [0, 0.1) is 5.92 Å². The first-order chi connectivity index (χ1) is 9.22. The molecule has 0 aromatic carbocycles. The van der Waals surface area contributed by atoms with E-state index in [2.05, 4.69) is 17.2 Å². The molecule has 19 heavy (non-hydrogen) atoms. The standard InChI is InChI=1S/C13H19N3O2S/c1-2-10(3-5-17)8-14-12(18)7-11-9-16-4-6-19-13(16)15-11/h4,6,9-10,17H,2-3,5,7-8H2,1H3,(H,14,18). The number of thiazole rings is 1. The normalized spacial score (nSPS) is 12.7. The highest BCUT2D eigenvalue weighted by Gasteiger charge is 2.10. The fourth-order valence-electron chi connectivity index (χ4n) is 1.98. The largest absolute Gasteiger partial charge is 0.396 e. The molecular formula is C13H19N3O2S. The van der Waals surface area contributed by atoms with Crippen LogP contribution in [0.4, 0.5) is 0 Å². The maximum absolute atomic E-state index is 11.8. The zero-order valence-corrected chi connectivity index (χ0v) is 11.8. The Bertz CT molecular complexity index is 506. The molecule has 0 fully saturated rings. The van der Waals surface area contributed by atoms with E-state index in [0.717, 1.165) is 23.5 Å². The van der Waals surface area contributed by atoms with E-state index < -0.39 is 0 Å². The van der Waals surface area contributed by atoms with E-state index >= 15 is 0 Å². The summed E-state index contributed by atoms with van der Waals surface area (Å²) in [6, 6.07) is 0. The van der Waals surface area contributed by atoms with Crippen molar-refractivity contribution in [3.8, 4) is 0 Å². The number of rotatable bonds is 7. The van der Waals surface area contributed by atoms with Crippen LogP contribution in [0.5, 0.6) is 0 Å². The third-order valence-electron chi connectivity index (χ3n) is 3.19. The summed E-state index contributed by atoms with van der Waals surface area (Å²) in [5.74, 6) is 0.335. The van der Waals surface area contributed by atoms with Crippen LogP contribution in [0.3, 0.4) is 0 Å². The van der Waals surface area contributed by atoms with Gasteiger partial charge in [0.05, 0.1) is 12.1 Å². The smallest absolute Gasteiger partial charge is 0.226 e. The molecular weight excluding hydrogens is 262 g/mol. The highest BCUT2D eigenvalue weighted by molar-refractivity contribution is 7.15. The molecule has 2 N–H and O–H groups in total. The molecule has 0 aliphatic heterocycles. The van der Waals surface area contributed by atoms with Crippen LogP contribution in [-0.2, 0) is 11.2 Å². The molecule has 0 aliphatic rings. The Morgan fingerprint density at radius 1 is 1.63 bits per heavy atom. The monoisotopic (exact) mass is 281 g/mol. The Labute approximate surface area is 116 Å². The van der Waals surface area contributed by atoms with Crippen molar-refractivity contribution in [1.82, 2.24) is 14.7 Å². The molecule has 0 bridgehead atoms. The van der Waals surface area contributed by atoms with Crippen molar-refractivity contribution >= 4 is 22.2 Å². The summed E-state index contributed by atoms with van der Waals surface area (Å²) in [6.45, 7) is 2.86. The molecule has 6 heteroatoms. The fourth-order valence-corrected chi connectivity index (χ4v) is 2.70. The van der Waals surface area contributed by atoms with Gasteiger partial charge in [0.15, 0.2) is 4.96 Å². The summed E-state index contributed by atoms with van der Waals surface area (Å²) in [5, 5.41) is 13.8. The number of imidazole rings is 1. The lowest BCUT2D eigenvalue weighted by Gasteiger charge is -2.13. The number of hydrogen-bond donors (Lipinski definition) is 2. The minimum atomic E-state index is -0.0119. The maximum atomic E-state index is 11.8. The molecule has 1 amide bonds. The van der Waals surface area contributed by atoms with Gasteiger partial charge in [0, 0.05) is 30.9 Å². The first kappa shape index (κ1) is 14.0. The van der Waals surface area contributed by atoms with Gasteiger partial charge in [0.2, 0.25) is 5.91 Å². The molecule has 0 radical (unpaired) electrons. The van der Waals surface area contributed by atoms with Gasteiger partial charge < -0.3 is 10.4 Å². The van der Waals surface area contributed by atoms with Crippen molar-refractivity contribution < 1.29 is 9.90 Å². The van der Waals surface area contributed by atoms with Crippen molar-refractivity contribution in [1.29, 1.82) is 0 Å². The van der Waals surface area contributed by atoms with Crippen molar-refractivity contribution in [3.05, 3.63) is 23.5 Å². The highest BCUT2D eigenvalue weighted by atomic mass is 32.1. The number of nitrogens with zero attached hydrogens (tertiary/aromatic N) is 2. The number of aliphatic hydroxyl groups excluding tert-OH is 1. The Morgan fingerprint density at radius 3 is 3.16 bits per heavy atom. The second-order valence-electron chi connectivity index (χ2n) is 4.59. The summed E-state index contributed by atoms with van der Waals surface area (Å²) in [5.41, 5.74) is 0.791.